The minimum atomic E-state index is -0.706. The Morgan fingerprint density at radius 1 is 1.48 bits per heavy atom. The van der Waals surface area contributed by atoms with Gasteiger partial charge in [0.05, 0.1) is 11.6 Å². The van der Waals surface area contributed by atoms with E-state index in [9.17, 15) is 9.90 Å². The number of amides is 1. The van der Waals surface area contributed by atoms with Crippen molar-refractivity contribution in [1.29, 1.82) is 5.26 Å². The van der Waals surface area contributed by atoms with Crippen LogP contribution in [0.2, 0.25) is 0 Å². The fourth-order valence-electron chi connectivity index (χ4n) is 3.49. The number of aliphatic hydroxyl groups excluding tert-OH is 1. The molecule has 1 fully saturated rings. The van der Waals surface area contributed by atoms with Crippen molar-refractivity contribution in [1.82, 2.24) is 19.8 Å². The van der Waals surface area contributed by atoms with Crippen LogP contribution in [-0.2, 0) is 17.8 Å². The van der Waals surface area contributed by atoms with Crippen molar-refractivity contribution < 1.29 is 9.90 Å². The first-order valence-electron chi connectivity index (χ1n) is 8.90. The molecule has 0 aliphatic carbocycles. The van der Waals surface area contributed by atoms with Gasteiger partial charge in [0.2, 0.25) is 5.91 Å². The number of fused-ring (bicyclic) bond motifs is 1. The summed E-state index contributed by atoms with van der Waals surface area (Å²) in [6, 6.07) is 3.67. The SMILES string of the molecule is N#CN1CC[C@H](C(=O)Nc2nc3c(s2)CN(C(O)c2cccnc2)CC3)C1. The highest BCUT2D eigenvalue weighted by molar-refractivity contribution is 7.15. The van der Waals surface area contributed by atoms with Crippen LogP contribution in [0.15, 0.2) is 24.5 Å². The minimum absolute atomic E-state index is 0.0777. The first-order chi connectivity index (χ1) is 13.1. The second kappa shape index (κ2) is 7.60. The number of carbonyl (C=O) groups is 1. The maximum absolute atomic E-state index is 12.4. The number of pyridine rings is 1. The molecule has 1 amide bonds. The molecule has 2 N–H and O–H groups in total. The molecule has 0 saturated carbocycles. The Balaban J connectivity index is 1.40. The van der Waals surface area contributed by atoms with E-state index in [1.54, 1.807) is 17.3 Å². The van der Waals surface area contributed by atoms with Crippen LogP contribution in [0.1, 0.15) is 28.8 Å². The van der Waals surface area contributed by atoms with Gasteiger partial charge in [0.25, 0.3) is 0 Å². The average molecular weight is 384 g/mol. The van der Waals surface area contributed by atoms with Gasteiger partial charge in [-0.05, 0) is 12.5 Å². The van der Waals surface area contributed by atoms with Crippen molar-refractivity contribution in [2.45, 2.75) is 25.6 Å². The zero-order valence-electron chi connectivity index (χ0n) is 14.7. The molecule has 2 aliphatic rings. The number of anilines is 1. The summed E-state index contributed by atoms with van der Waals surface area (Å²) in [7, 11) is 0. The van der Waals surface area contributed by atoms with Crippen LogP contribution in [0.3, 0.4) is 0 Å². The predicted molar refractivity (Wildman–Crippen MR) is 99.3 cm³/mol. The van der Waals surface area contributed by atoms with Crippen LogP contribution in [0.25, 0.3) is 0 Å². The third-order valence-electron chi connectivity index (χ3n) is 5.02. The molecular weight excluding hydrogens is 364 g/mol. The standard InChI is InChI=1S/C18H20N6O2S/c19-11-23-6-3-13(9-23)16(25)22-18-21-14-4-7-24(10-15(14)27-18)17(26)12-2-1-5-20-8-12/h1-2,5,8,13,17,26H,3-4,6-7,9-10H2,(H,21,22,25)/t13-,17?/m0/s1. The van der Waals surface area contributed by atoms with E-state index in [1.807, 2.05) is 17.0 Å². The molecule has 2 aromatic rings. The lowest BCUT2D eigenvalue weighted by Crippen LogP contribution is -2.33. The lowest BCUT2D eigenvalue weighted by atomic mass is 10.1. The first kappa shape index (κ1) is 17.9. The van der Waals surface area contributed by atoms with Crippen molar-refractivity contribution in [2.24, 2.45) is 5.92 Å². The molecule has 0 bridgehead atoms. The monoisotopic (exact) mass is 384 g/mol. The van der Waals surface area contributed by atoms with Gasteiger partial charge in [0, 0.05) is 55.4 Å². The Bertz CT molecular complexity index is 864. The van der Waals surface area contributed by atoms with Crippen LogP contribution < -0.4 is 5.32 Å². The quantitative estimate of drug-likeness (QED) is 0.766. The summed E-state index contributed by atoms with van der Waals surface area (Å²) in [5.41, 5.74) is 1.75. The molecule has 27 heavy (non-hydrogen) atoms. The highest BCUT2D eigenvalue weighted by Gasteiger charge is 2.30. The molecule has 2 aliphatic heterocycles. The van der Waals surface area contributed by atoms with Gasteiger partial charge in [-0.2, -0.15) is 5.26 Å². The number of hydrogen-bond acceptors (Lipinski definition) is 8. The normalized spacial score (nSPS) is 20.7. The summed E-state index contributed by atoms with van der Waals surface area (Å²) in [6.45, 7) is 2.38. The largest absolute Gasteiger partial charge is 0.374 e. The Hall–Kier alpha value is -2.54. The second-order valence-electron chi connectivity index (χ2n) is 6.79. The van der Waals surface area contributed by atoms with Crippen LogP contribution in [-0.4, -0.2) is 50.4 Å². The fraction of sp³-hybridized carbons (Fsp3) is 0.444. The number of thiazole rings is 1. The molecule has 0 aromatic carbocycles. The summed E-state index contributed by atoms with van der Waals surface area (Å²) in [5.74, 6) is -0.249. The van der Waals surface area contributed by atoms with Crippen LogP contribution in [0, 0.1) is 17.4 Å². The number of nitriles is 1. The molecule has 140 valence electrons. The number of nitrogens with one attached hydrogen (secondary N) is 1. The minimum Gasteiger partial charge on any atom is -0.374 e. The molecule has 1 saturated heterocycles. The molecule has 1 unspecified atom stereocenters. The molecule has 4 heterocycles. The van der Waals surface area contributed by atoms with E-state index in [0.29, 0.717) is 37.7 Å². The lowest BCUT2D eigenvalue weighted by molar-refractivity contribution is -0.119. The van der Waals surface area contributed by atoms with E-state index in [1.165, 1.54) is 11.3 Å². The molecule has 2 aromatic heterocycles. The van der Waals surface area contributed by atoms with Gasteiger partial charge in [-0.1, -0.05) is 6.07 Å². The third-order valence-corrected chi connectivity index (χ3v) is 6.02. The third kappa shape index (κ3) is 3.78. The van der Waals surface area contributed by atoms with Gasteiger partial charge in [-0.25, -0.2) is 4.98 Å². The van der Waals surface area contributed by atoms with Gasteiger partial charge in [0.1, 0.15) is 6.23 Å². The average Bonchev–Trinajstić information content (AvgIpc) is 3.33. The van der Waals surface area contributed by atoms with Gasteiger partial charge >= 0.3 is 0 Å². The summed E-state index contributed by atoms with van der Waals surface area (Å²) in [4.78, 5) is 25.7. The van der Waals surface area contributed by atoms with E-state index in [-0.39, 0.29) is 11.8 Å². The van der Waals surface area contributed by atoms with Crippen LogP contribution >= 0.6 is 11.3 Å². The Labute approximate surface area is 161 Å². The topological polar surface area (TPSA) is 105 Å². The highest BCUT2D eigenvalue weighted by Crippen LogP contribution is 2.32. The lowest BCUT2D eigenvalue weighted by Gasteiger charge is -2.30. The Kier molecular flexibility index (Phi) is 5.03. The fourth-order valence-corrected chi connectivity index (χ4v) is 4.53. The van der Waals surface area contributed by atoms with Crippen molar-refractivity contribution >= 4 is 22.4 Å². The molecular formula is C18H20N6O2S. The van der Waals surface area contributed by atoms with E-state index in [4.69, 9.17) is 5.26 Å². The number of aliphatic hydroxyl groups is 1. The van der Waals surface area contributed by atoms with E-state index in [2.05, 4.69) is 21.5 Å². The van der Waals surface area contributed by atoms with Gasteiger partial charge in [0.15, 0.2) is 11.3 Å². The van der Waals surface area contributed by atoms with Crippen molar-refractivity contribution in [3.8, 4) is 6.19 Å². The molecule has 0 spiro atoms. The van der Waals surface area contributed by atoms with Crippen molar-refractivity contribution in [3.63, 3.8) is 0 Å². The molecule has 2 atom stereocenters. The van der Waals surface area contributed by atoms with Gasteiger partial charge < -0.3 is 15.3 Å². The number of likely N-dealkylation sites (tertiary alicyclic amines) is 1. The summed E-state index contributed by atoms with van der Waals surface area (Å²) >= 11 is 1.46. The number of hydrogen-bond donors (Lipinski definition) is 2. The zero-order chi connectivity index (χ0) is 18.8. The van der Waals surface area contributed by atoms with E-state index >= 15 is 0 Å². The maximum Gasteiger partial charge on any atom is 0.231 e. The summed E-state index contributed by atoms with van der Waals surface area (Å²) < 4.78 is 0. The number of carbonyl (C=O) groups excluding carboxylic acids is 1. The summed E-state index contributed by atoms with van der Waals surface area (Å²) in [5, 5.41) is 23.0. The van der Waals surface area contributed by atoms with E-state index in [0.717, 1.165) is 22.6 Å². The van der Waals surface area contributed by atoms with Crippen LogP contribution in [0.4, 0.5) is 5.13 Å². The predicted octanol–water partition coefficient (Wildman–Crippen LogP) is 1.33. The maximum atomic E-state index is 12.4. The van der Waals surface area contributed by atoms with Crippen molar-refractivity contribution in [3.05, 3.63) is 40.7 Å². The van der Waals surface area contributed by atoms with Crippen LogP contribution in [0.5, 0.6) is 0 Å². The van der Waals surface area contributed by atoms with E-state index < -0.39 is 6.23 Å². The molecule has 8 nitrogen and oxygen atoms in total. The second-order valence-corrected chi connectivity index (χ2v) is 7.87. The Morgan fingerprint density at radius 3 is 3.11 bits per heavy atom. The highest BCUT2D eigenvalue weighted by atomic mass is 32.1. The number of rotatable bonds is 4. The smallest absolute Gasteiger partial charge is 0.231 e. The summed E-state index contributed by atoms with van der Waals surface area (Å²) in [6.07, 6.45) is 6.15. The first-order valence-corrected chi connectivity index (χ1v) is 9.72. The Morgan fingerprint density at radius 2 is 2.37 bits per heavy atom. The number of nitrogens with zero attached hydrogens (tertiary/aromatic N) is 5. The van der Waals surface area contributed by atoms with Crippen molar-refractivity contribution in [2.75, 3.05) is 25.0 Å². The van der Waals surface area contributed by atoms with Gasteiger partial charge in [-0.3, -0.25) is 14.7 Å². The molecule has 4 rings (SSSR count). The number of aromatic nitrogens is 2. The van der Waals surface area contributed by atoms with Gasteiger partial charge in [-0.15, -0.1) is 11.3 Å². The zero-order valence-corrected chi connectivity index (χ0v) is 15.5. The molecule has 9 heteroatoms. The molecule has 0 radical (unpaired) electrons.